The zero-order valence-corrected chi connectivity index (χ0v) is 17.4. The van der Waals surface area contributed by atoms with Gasteiger partial charge in [-0.15, -0.1) is 0 Å². The van der Waals surface area contributed by atoms with Crippen LogP contribution >= 0.6 is 0 Å². The van der Waals surface area contributed by atoms with Crippen molar-refractivity contribution in [1.82, 2.24) is 0 Å². The fraction of sp³-hybridized carbons (Fsp3) is 0.350. The summed E-state index contributed by atoms with van der Waals surface area (Å²) in [5, 5.41) is 0. The predicted octanol–water partition coefficient (Wildman–Crippen LogP) is 3.03. The Morgan fingerprint density at radius 2 is 1.66 bits per heavy atom. The zero-order valence-electron chi connectivity index (χ0n) is 16.6. The SMILES string of the molecule is COc1ccc(OC)c(S(=O)(=O)Nc2ccc(OC)c(N3CCCCC3=O)c2)c1. The van der Waals surface area contributed by atoms with Gasteiger partial charge in [0, 0.05) is 19.0 Å². The van der Waals surface area contributed by atoms with Crippen LogP contribution in [0.25, 0.3) is 0 Å². The van der Waals surface area contributed by atoms with Crippen molar-refractivity contribution in [3.8, 4) is 17.2 Å². The summed E-state index contributed by atoms with van der Waals surface area (Å²) in [6.45, 7) is 0.565. The van der Waals surface area contributed by atoms with Gasteiger partial charge in [-0.25, -0.2) is 8.42 Å². The molecule has 0 aliphatic carbocycles. The Labute approximate surface area is 170 Å². The molecule has 3 rings (SSSR count). The molecule has 2 aromatic carbocycles. The third-order valence-electron chi connectivity index (χ3n) is 4.71. The van der Waals surface area contributed by atoms with Crippen molar-refractivity contribution < 1.29 is 27.4 Å². The van der Waals surface area contributed by atoms with Crippen LogP contribution in [0.4, 0.5) is 11.4 Å². The van der Waals surface area contributed by atoms with Gasteiger partial charge in [-0.2, -0.15) is 0 Å². The number of carbonyl (C=O) groups is 1. The molecule has 0 atom stereocenters. The highest BCUT2D eigenvalue weighted by Crippen LogP contribution is 2.35. The summed E-state index contributed by atoms with van der Waals surface area (Å²) in [7, 11) is 0.396. The first-order valence-electron chi connectivity index (χ1n) is 9.13. The fourth-order valence-electron chi connectivity index (χ4n) is 3.23. The highest BCUT2D eigenvalue weighted by atomic mass is 32.2. The Bertz CT molecular complexity index is 1010. The number of sulfonamides is 1. The van der Waals surface area contributed by atoms with E-state index in [9.17, 15) is 13.2 Å². The monoisotopic (exact) mass is 420 g/mol. The van der Waals surface area contributed by atoms with Gasteiger partial charge in [0.1, 0.15) is 22.1 Å². The highest BCUT2D eigenvalue weighted by molar-refractivity contribution is 7.92. The van der Waals surface area contributed by atoms with E-state index in [0.29, 0.717) is 35.8 Å². The topological polar surface area (TPSA) is 94.2 Å². The number of anilines is 2. The minimum atomic E-state index is -3.97. The van der Waals surface area contributed by atoms with Crippen molar-refractivity contribution >= 4 is 27.3 Å². The molecule has 1 aliphatic rings. The molecular weight excluding hydrogens is 396 g/mol. The van der Waals surface area contributed by atoms with Crippen LogP contribution in [0, 0.1) is 0 Å². The summed E-state index contributed by atoms with van der Waals surface area (Å²) in [5.74, 6) is 1.07. The Kier molecular flexibility index (Phi) is 6.17. The average molecular weight is 420 g/mol. The van der Waals surface area contributed by atoms with Gasteiger partial charge < -0.3 is 19.1 Å². The van der Waals surface area contributed by atoms with Gasteiger partial charge in [0.2, 0.25) is 5.91 Å². The molecule has 1 amide bonds. The number of amides is 1. The third-order valence-corrected chi connectivity index (χ3v) is 6.11. The van der Waals surface area contributed by atoms with Crippen LogP contribution in [0.3, 0.4) is 0 Å². The highest BCUT2D eigenvalue weighted by Gasteiger charge is 2.25. The second-order valence-electron chi connectivity index (χ2n) is 6.51. The molecular formula is C20H24N2O6S. The lowest BCUT2D eigenvalue weighted by molar-refractivity contribution is -0.119. The summed E-state index contributed by atoms with van der Waals surface area (Å²) in [6, 6.07) is 9.36. The zero-order chi connectivity index (χ0) is 21.0. The first-order chi connectivity index (χ1) is 13.9. The lowest BCUT2D eigenvalue weighted by atomic mass is 10.1. The van der Waals surface area contributed by atoms with E-state index in [4.69, 9.17) is 14.2 Å². The molecule has 29 heavy (non-hydrogen) atoms. The fourth-order valence-corrected chi connectivity index (χ4v) is 4.46. The lowest BCUT2D eigenvalue weighted by Crippen LogP contribution is -2.35. The van der Waals surface area contributed by atoms with Crippen LogP contribution in [-0.4, -0.2) is 42.2 Å². The average Bonchev–Trinajstić information content (AvgIpc) is 2.73. The van der Waals surface area contributed by atoms with Gasteiger partial charge >= 0.3 is 0 Å². The van der Waals surface area contributed by atoms with E-state index in [2.05, 4.69) is 4.72 Å². The second kappa shape index (κ2) is 8.60. The molecule has 1 N–H and O–H groups in total. The number of carbonyl (C=O) groups excluding carboxylic acids is 1. The number of hydrogen-bond donors (Lipinski definition) is 1. The summed E-state index contributed by atoms with van der Waals surface area (Å²) < 4.78 is 44.2. The van der Waals surface area contributed by atoms with Crippen molar-refractivity contribution in [3.05, 3.63) is 36.4 Å². The van der Waals surface area contributed by atoms with Crippen LogP contribution in [0.5, 0.6) is 17.2 Å². The van der Waals surface area contributed by atoms with Crippen LogP contribution in [0.1, 0.15) is 19.3 Å². The smallest absolute Gasteiger partial charge is 0.265 e. The first-order valence-corrected chi connectivity index (χ1v) is 10.6. The normalized spacial score (nSPS) is 14.4. The molecule has 0 spiro atoms. The van der Waals surface area contributed by atoms with Gasteiger partial charge in [-0.05, 0) is 43.2 Å². The van der Waals surface area contributed by atoms with E-state index in [1.807, 2.05) is 0 Å². The number of rotatable bonds is 7. The second-order valence-corrected chi connectivity index (χ2v) is 8.16. The number of ether oxygens (including phenoxy) is 3. The van der Waals surface area contributed by atoms with E-state index in [-0.39, 0.29) is 16.6 Å². The molecule has 8 nitrogen and oxygen atoms in total. The Hall–Kier alpha value is -2.94. The summed E-state index contributed by atoms with van der Waals surface area (Å²) in [6.07, 6.45) is 2.19. The van der Waals surface area contributed by atoms with Crippen molar-refractivity contribution in [3.63, 3.8) is 0 Å². The van der Waals surface area contributed by atoms with E-state index >= 15 is 0 Å². The maximum absolute atomic E-state index is 13.0. The third kappa shape index (κ3) is 4.40. The largest absolute Gasteiger partial charge is 0.497 e. The van der Waals surface area contributed by atoms with Gasteiger partial charge in [0.15, 0.2) is 0 Å². The summed E-state index contributed by atoms with van der Waals surface area (Å²) in [5.41, 5.74) is 0.846. The van der Waals surface area contributed by atoms with E-state index in [0.717, 1.165) is 12.8 Å². The molecule has 2 aromatic rings. The van der Waals surface area contributed by atoms with E-state index in [1.165, 1.54) is 33.5 Å². The minimum absolute atomic E-state index is 0.0102. The molecule has 156 valence electrons. The van der Waals surface area contributed by atoms with Crippen LogP contribution in [0.2, 0.25) is 0 Å². The van der Waals surface area contributed by atoms with E-state index in [1.54, 1.807) is 29.2 Å². The van der Waals surface area contributed by atoms with Crippen molar-refractivity contribution in [1.29, 1.82) is 0 Å². The van der Waals surface area contributed by atoms with Gasteiger partial charge in [-0.1, -0.05) is 0 Å². The molecule has 1 heterocycles. The minimum Gasteiger partial charge on any atom is -0.497 e. The number of piperidine rings is 1. The summed E-state index contributed by atoms with van der Waals surface area (Å²) in [4.78, 5) is 13.9. The molecule has 0 radical (unpaired) electrons. The predicted molar refractivity (Wildman–Crippen MR) is 110 cm³/mol. The molecule has 1 saturated heterocycles. The summed E-state index contributed by atoms with van der Waals surface area (Å²) >= 11 is 0. The molecule has 0 saturated carbocycles. The van der Waals surface area contributed by atoms with Gasteiger partial charge in [0.05, 0.1) is 32.7 Å². The Morgan fingerprint density at radius 1 is 0.931 bits per heavy atom. The number of methoxy groups -OCH3 is 3. The van der Waals surface area contributed by atoms with Gasteiger partial charge in [0.25, 0.3) is 10.0 Å². The Balaban J connectivity index is 1.98. The van der Waals surface area contributed by atoms with Gasteiger partial charge in [-0.3, -0.25) is 9.52 Å². The molecule has 1 aliphatic heterocycles. The van der Waals surface area contributed by atoms with Crippen LogP contribution in [0.15, 0.2) is 41.3 Å². The van der Waals surface area contributed by atoms with Crippen molar-refractivity contribution in [2.45, 2.75) is 24.2 Å². The first kappa shape index (κ1) is 20.8. The number of nitrogens with one attached hydrogen (secondary N) is 1. The molecule has 0 aromatic heterocycles. The molecule has 9 heteroatoms. The Morgan fingerprint density at radius 3 is 2.31 bits per heavy atom. The molecule has 1 fully saturated rings. The lowest BCUT2D eigenvalue weighted by Gasteiger charge is -2.28. The standard InChI is InChI=1S/C20H24N2O6S/c1-26-15-8-10-18(28-3)19(13-15)29(24,25)21-14-7-9-17(27-2)16(12-14)22-11-5-4-6-20(22)23/h7-10,12-13,21H,4-6,11H2,1-3H3. The van der Waals surface area contributed by atoms with Crippen LogP contribution < -0.4 is 23.8 Å². The van der Waals surface area contributed by atoms with Crippen LogP contribution in [-0.2, 0) is 14.8 Å². The number of hydrogen-bond acceptors (Lipinski definition) is 6. The maximum atomic E-state index is 13.0. The van der Waals surface area contributed by atoms with E-state index < -0.39 is 10.0 Å². The van der Waals surface area contributed by atoms with Crippen molar-refractivity contribution in [2.75, 3.05) is 37.5 Å². The molecule has 0 unspecified atom stereocenters. The van der Waals surface area contributed by atoms with Crippen molar-refractivity contribution in [2.24, 2.45) is 0 Å². The number of benzene rings is 2. The quantitative estimate of drug-likeness (QED) is 0.740. The maximum Gasteiger partial charge on any atom is 0.265 e. The molecule has 0 bridgehead atoms. The number of nitrogens with zero attached hydrogens (tertiary/aromatic N) is 1.